The number of carbonyl (C=O) groups is 1. The van der Waals surface area contributed by atoms with E-state index in [2.05, 4.69) is 13.8 Å². The van der Waals surface area contributed by atoms with Crippen molar-refractivity contribution in [3.05, 3.63) is 0 Å². The van der Waals surface area contributed by atoms with E-state index in [0.29, 0.717) is 18.3 Å². The predicted octanol–water partition coefficient (Wildman–Crippen LogP) is 2.14. The van der Waals surface area contributed by atoms with Gasteiger partial charge in [-0.1, -0.05) is 20.3 Å². The lowest BCUT2D eigenvalue weighted by atomic mass is 9.96. The smallest absolute Gasteiger partial charge is 0.303 e. The maximum absolute atomic E-state index is 10.4. The number of hydrogen-bond acceptors (Lipinski definition) is 1. The van der Waals surface area contributed by atoms with Crippen LogP contribution in [-0.4, -0.2) is 11.1 Å². The summed E-state index contributed by atoms with van der Waals surface area (Å²) in [7, 11) is 0. The average Bonchev–Trinajstić information content (AvgIpc) is 2.61. The lowest BCUT2D eigenvalue weighted by Gasteiger charge is -2.10. The molecule has 64 valence electrons. The average molecular weight is 156 g/mol. The third kappa shape index (κ3) is 2.21. The van der Waals surface area contributed by atoms with Gasteiger partial charge < -0.3 is 5.11 Å². The molecule has 0 bridgehead atoms. The molecule has 11 heavy (non-hydrogen) atoms. The Morgan fingerprint density at radius 2 is 2.27 bits per heavy atom. The van der Waals surface area contributed by atoms with Gasteiger partial charge >= 0.3 is 5.97 Å². The molecule has 0 aliphatic heterocycles. The Labute approximate surface area is 67.6 Å². The van der Waals surface area contributed by atoms with Crippen LogP contribution < -0.4 is 0 Å². The zero-order valence-corrected chi connectivity index (χ0v) is 7.21. The van der Waals surface area contributed by atoms with Crippen molar-refractivity contribution in [2.75, 3.05) is 0 Å². The van der Waals surface area contributed by atoms with Crippen LogP contribution in [0.15, 0.2) is 0 Å². The Hall–Kier alpha value is -0.530. The van der Waals surface area contributed by atoms with E-state index in [1.54, 1.807) is 0 Å². The van der Waals surface area contributed by atoms with E-state index in [1.165, 1.54) is 6.42 Å². The van der Waals surface area contributed by atoms with Gasteiger partial charge in [0, 0.05) is 6.42 Å². The van der Waals surface area contributed by atoms with Gasteiger partial charge in [0.05, 0.1) is 0 Å². The van der Waals surface area contributed by atoms with E-state index in [-0.39, 0.29) is 0 Å². The molecular weight excluding hydrogens is 140 g/mol. The molecule has 1 rings (SSSR count). The van der Waals surface area contributed by atoms with E-state index < -0.39 is 5.97 Å². The maximum atomic E-state index is 10.4. The van der Waals surface area contributed by atoms with Gasteiger partial charge in [0.15, 0.2) is 0 Å². The molecule has 1 aliphatic carbocycles. The van der Waals surface area contributed by atoms with Crippen molar-refractivity contribution in [2.45, 2.75) is 33.1 Å². The summed E-state index contributed by atoms with van der Waals surface area (Å²) in [6, 6.07) is 0. The third-order valence-corrected chi connectivity index (χ3v) is 2.74. The van der Waals surface area contributed by atoms with Crippen LogP contribution in [0.1, 0.15) is 33.1 Å². The number of carboxylic acids is 1. The largest absolute Gasteiger partial charge is 0.481 e. The Morgan fingerprint density at radius 3 is 2.55 bits per heavy atom. The summed E-state index contributed by atoms with van der Waals surface area (Å²) >= 11 is 0. The molecule has 0 aromatic carbocycles. The molecule has 1 aliphatic rings. The van der Waals surface area contributed by atoms with Gasteiger partial charge in [-0.2, -0.15) is 0 Å². The highest BCUT2D eigenvalue weighted by molar-refractivity contribution is 5.67. The lowest BCUT2D eigenvalue weighted by Crippen LogP contribution is -2.09. The van der Waals surface area contributed by atoms with Crippen LogP contribution in [0.4, 0.5) is 0 Å². The Morgan fingerprint density at radius 1 is 1.73 bits per heavy atom. The SMILES string of the molecule is CCC(CC(=O)O)C1CC1C. The monoisotopic (exact) mass is 156 g/mol. The Balaban J connectivity index is 2.32. The van der Waals surface area contributed by atoms with Crippen LogP contribution in [0, 0.1) is 17.8 Å². The summed E-state index contributed by atoms with van der Waals surface area (Å²) in [6.07, 6.45) is 2.62. The van der Waals surface area contributed by atoms with Gasteiger partial charge in [0.25, 0.3) is 0 Å². The molecule has 0 heterocycles. The highest BCUT2D eigenvalue weighted by atomic mass is 16.4. The topological polar surface area (TPSA) is 37.3 Å². The molecule has 0 aromatic heterocycles. The van der Waals surface area contributed by atoms with Crippen LogP contribution >= 0.6 is 0 Å². The first-order chi connectivity index (χ1) is 5.15. The van der Waals surface area contributed by atoms with Gasteiger partial charge in [-0.3, -0.25) is 4.79 Å². The van der Waals surface area contributed by atoms with Crippen molar-refractivity contribution < 1.29 is 9.90 Å². The quantitative estimate of drug-likeness (QED) is 0.677. The summed E-state index contributed by atoms with van der Waals surface area (Å²) < 4.78 is 0. The van der Waals surface area contributed by atoms with Crippen LogP contribution in [0.2, 0.25) is 0 Å². The molecule has 1 fully saturated rings. The Kier molecular flexibility index (Phi) is 2.53. The number of aliphatic carboxylic acids is 1. The summed E-state index contributed by atoms with van der Waals surface area (Å²) in [4.78, 5) is 10.4. The van der Waals surface area contributed by atoms with Crippen LogP contribution in [0.25, 0.3) is 0 Å². The highest BCUT2D eigenvalue weighted by Gasteiger charge is 2.38. The fourth-order valence-electron chi connectivity index (χ4n) is 1.83. The number of carboxylic acid groups (broad SMARTS) is 1. The minimum Gasteiger partial charge on any atom is -0.481 e. The molecular formula is C9H16O2. The van der Waals surface area contributed by atoms with Crippen molar-refractivity contribution in [1.29, 1.82) is 0 Å². The molecule has 2 nitrogen and oxygen atoms in total. The minimum absolute atomic E-state index is 0.367. The van der Waals surface area contributed by atoms with Crippen LogP contribution in [-0.2, 0) is 4.79 Å². The normalized spacial score (nSPS) is 31.5. The minimum atomic E-state index is -0.643. The summed E-state index contributed by atoms with van der Waals surface area (Å²) in [5.41, 5.74) is 0. The van der Waals surface area contributed by atoms with E-state index in [0.717, 1.165) is 12.3 Å². The number of hydrogen-bond donors (Lipinski definition) is 1. The standard InChI is InChI=1S/C9H16O2/c1-3-7(5-9(10)11)8-4-6(8)2/h6-8H,3-5H2,1-2H3,(H,10,11). The fraction of sp³-hybridized carbons (Fsp3) is 0.889. The van der Waals surface area contributed by atoms with Gasteiger partial charge in [-0.05, 0) is 24.2 Å². The molecule has 3 atom stereocenters. The summed E-state index contributed by atoms with van der Waals surface area (Å²) in [6.45, 7) is 4.29. The second-order valence-electron chi connectivity index (χ2n) is 3.64. The third-order valence-electron chi connectivity index (χ3n) is 2.74. The zero-order valence-electron chi connectivity index (χ0n) is 7.21. The van der Waals surface area contributed by atoms with Gasteiger partial charge in [-0.15, -0.1) is 0 Å². The van der Waals surface area contributed by atoms with Gasteiger partial charge in [0.2, 0.25) is 0 Å². The van der Waals surface area contributed by atoms with E-state index in [9.17, 15) is 4.79 Å². The molecule has 0 saturated heterocycles. The van der Waals surface area contributed by atoms with Crippen molar-refractivity contribution in [3.8, 4) is 0 Å². The fourth-order valence-corrected chi connectivity index (χ4v) is 1.83. The molecule has 1 saturated carbocycles. The van der Waals surface area contributed by atoms with Crippen molar-refractivity contribution in [3.63, 3.8) is 0 Å². The van der Waals surface area contributed by atoms with Gasteiger partial charge in [-0.25, -0.2) is 0 Å². The predicted molar refractivity (Wildman–Crippen MR) is 43.3 cm³/mol. The van der Waals surface area contributed by atoms with E-state index in [4.69, 9.17) is 5.11 Å². The molecule has 3 unspecified atom stereocenters. The zero-order chi connectivity index (χ0) is 8.43. The molecule has 0 amide bonds. The lowest BCUT2D eigenvalue weighted by molar-refractivity contribution is -0.138. The Bertz CT molecular complexity index is 154. The molecule has 2 heteroatoms. The molecule has 1 N–H and O–H groups in total. The maximum Gasteiger partial charge on any atom is 0.303 e. The summed E-state index contributed by atoms with van der Waals surface area (Å²) in [5.74, 6) is 1.27. The first-order valence-corrected chi connectivity index (χ1v) is 4.37. The van der Waals surface area contributed by atoms with Crippen LogP contribution in [0.3, 0.4) is 0 Å². The second kappa shape index (κ2) is 3.24. The van der Waals surface area contributed by atoms with Crippen molar-refractivity contribution >= 4 is 5.97 Å². The second-order valence-corrected chi connectivity index (χ2v) is 3.64. The number of rotatable bonds is 4. The summed E-state index contributed by atoms with van der Waals surface area (Å²) in [5, 5.41) is 8.58. The van der Waals surface area contributed by atoms with E-state index in [1.807, 2.05) is 0 Å². The first-order valence-electron chi connectivity index (χ1n) is 4.37. The van der Waals surface area contributed by atoms with E-state index >= 15 is 0 Å². The van der Waals surface area contributed by atoms with Crippen molar-refractivity contribution in [2.24, 2.45) is 17.8 Å². The van der Waals surface area contributed by atoms with Crippen LogP contribution in [0.5, 0.6) is 0 Å². The van der Waals surface area contributed by atoms with Gasteiger partial charge in [0.1, 0.15) is 0 Å². The molecule has 0 aromatic rings. The van der Waals surface area contributed by atoms with Crippen molar-refractivity contribution in [1.82, 2.24) is 0 Å². The molecule has 0 spiro atoms. The molecule has 0 radical (unpaired) electrons. The highest BCUT2D eigenvalue weighted by Crippen LogP contribution is 2.46. The first kappa shape index (κ1) is 8.57.